The van der Waals surface area contributed by atoms with Gasteiger partial charge in [0.2, 0.25) is 5.91 Å². The topological polar surface area (TPSA) is 50.4 Å². The van der Waals surface area contributed by atoms with Crippen molar-refractivity contribution in [3.05, 3.63) is 29.6 Å². The van der Waals surface area contributed by atoms with Crippen molar-refractivity contribution in [2.24, 2.45) is 5.92 Å². The first-order valence-electron chi connectivity index (χ1n) is 5.94. The molecule has 0 saturated carbocycles. The van der Waals surface area contributed by atoms with Crippen LogP contribution in [0.4, 0.5) is 10.1 Å². The molecule has 0 bridgehead atoms. The van der Waals surface area contributed by atoms with Crippen LogP contribution in [-0.4, -0.2) is 32.2 Å². The van der Waals surface area contributed by atoms with Gasteiger partial charge in [0.15, 0.2) is 0 Å². The summed E-state index contributed by atoms with van der Waals surface area (Å²) in [6.07, 6.45) is 0. The van der Waals surface area contributed by atoms with E-state index in [9.17, 15) is 9.18 Å². The maximum Gasteiger partial charge on any atom is 0.231 e. The second-order valence-electron chi connectivity index (χ2n) is 4.49. The van der Waals surface area contributed by atoms with E-state index in [1.54, 1.807) is 19.1 Å². The zero-order valence-corrected chi connectivity index (χ0v) is 10.5. The number of nitrogens with one attached hydrogen (secondary N) is 2. The Hall–Kier alpha value is -1.46. The average molecular weight is 252 g/mol. The third-order valence-corrected chi connectivity index (χ3v) is 3.21. The summed E-state index contributed by atoms with van der Waals surface area (Å²) in [5, 5.41) is 5.85. The van der Waals surface area contributed by atoms with E-state index in [-0.39, 0.29) is 23.7 Å². The molecule has 2 rings (SSSR count). The zero-order valence-electron chi connectivity index (χ0n) is 10.5. The summed E-state index contributed by atoms with van der Waals surface area (Å²) < 4.78 is 18.4. The Balaban J connectivity index is 2.04. The molecule has 1 aliphatic rings. The van der Waals surface area contributed by atoms with Gasteiger partial charge in [0.1, 0.15) is 5.82 Å². The van der Waals surface area contributed by atoms with Crippen molar-refractivity contribution < 1.29 is 13.9 Å². The Morgan fingerprint density at radius 3 is 2.89 bits per heavy atom. The van der Waals surface area contributed by atoms with E-state index >= 15 is 0 Å². The number of aryl methyl sites for hydroxylation is 1. The van der Waals surface area contributed by atoms with Gasteiger partial charge in [-0.3, -0.25) is 4.79 Å². The summed E-state index contributed by atoms with van der Waals surface area (Å²) >= 11 is 0. The van der Waals surface area contributed by atoms with Crippen molar-refractivity contribution in [1.29, 1.82) is 0 Å². The summed E-state index contributed by atoms with van der Waals surface area (Å²) in [6, 6.07) is 4.57. The predicted octanol–water partition coefficient (Wildman–Crippen LogP) is 1.31. The van der Waals surface area contributed by atoms with Crippen molar-refractivity contribution in [2.75, 3.05) is 25.6 Å². The predicted molar refractivity (Wildman–Crippen MR) is 66.9 cm³/mol. The molecule has 18 heavy (non-hydrogen) atoms. The summed E-state index contributed by atoms with van der Waals surface area (Å²) in [5.74, 6) is -0.580. The van der Waals surface area contributed by atoms with Crippen molar-refractivity contribution in [2.45, 2.75) is 13.0 Å². The van der Waals surface area contributed by atoms with Gasteiger partial charge in [0.05, 0.1) is 19.1 Å². The molecule has 1 fully saturated rings. The molecule has 5 heteroatoms. The van der Waals surface area contributed by atoms with Crippen molar-refractivity contribution in [3.63, 3.8) is 0 Å². The number of amides is 1. The van der Waals surface area contributed by atoms with Crippen molar-refractivity contribution in [3.8, 4) is 0 Å². The number of likely N-dealkylation sites (N-methyl/N-ethyl adjacent to an activating group) is 1. The first-order valence-corrected chi connectivity index (χ1v) is 5.94. The third-order valence-electron chi connectivity index (χ3n) is 3.21. The minimum atomic E-state index is -0.273. The number of rotatable bonds is 3. The van der Waals surface area contributed by atoms with E-state index in [0.717, 1.165) is 0 Å². The molecule has 0 radical (unpaired) electrons. The van der Waals surface area contributed by atoms with Crippen LogP contribution in [0.5, 0.6) is 0 Å². The Labute approximate surface area is 106 Å². The molecular weight excluding hydrogens is 235 g/mol. The van der Waals surface area contributed by atoms with Crippen LogP contribution in [-0.2, 0) is 9.53 Å². The molecular formula is C13H17FN2O2. The van der Waals surface area contributed by atoms with Crippen molar-refractivity contribution >= 4 is 11.6 Å². The fourth-order valence-electron chi connectivity index (χ4n) is 2.05. The van der Waals surface area contributed by atoms with Crippen LogP contribution < -0.4 is 10.6 Å². The van der Waals surface area contributed by atoms with Crippen LogP contribution in [0, 0.1) is 18.7 Å². The van der Waals surface area contributed by atoms with Gasteiger partial charge in [-0.1, -0.05) is 0 Å². The fourth-order valence-corrected chi connectivity index (χ4v) is 2.05. The highest BCUT2D eigenvalue weighted by Crippen LogP contribution is 2.18. The molecule has 98 valence electrons. The number of carbonyl (C=O) groups is 1. The SMILES string of the molecule is CNC1COCC1C(=O)Nc1ccc(F)c(C)c1. The highest BCUT2D eigenvalue weighted by Gasteiger charge is 2.32. The molecule has 0 spiro atoms. The van der Waals surface area contributed by atoms with E-state index in [0.29, 0.717) is 24.5 Å². The van der Waals surface area contributed by atoms with Crippen molar-refractivity contribution in [1.82, 2.24) is 5.32 Å². The van der Waals surface area contributed by atoms with Crippen LogP contribution in [0.15, 0.2) is 18.2 Å². The second kappa shape index (κ2) is 5.46. The van der Waals surface area contributed by atoms with Gasteiger partial charge in [-0.15, -0.1) is 0 Å². The monoisotopic (exact) mass is 252 g/mol. The maximum absolute atomic E-state index is 13.1. The molecule has 1 aromatic rings. The van der Waals surface area contributed by atoms with Gasteiger partial charge in [0.25, 0.3) is 0 Å². The molecule has 2 unspecified atom stereocenters. The molecule has 1 aromatic carbocycles. The Morgan fingerprint density at radius 2 is 2.22 bits per heavy atom. The molecule has 1 amide bonds. The van der Waals surface area contributed by atoms with Crippen LogP contribution in [0.25, 0.3) is 0 Å². The molecule has 1 saturated heterocycles. The van der Waals surface area contributed by atoms with Crippen LogP contribution in [0.1, 0.15) is 5.56 Å². The summed E-state index contributed by atoms with van der Waals surface area (Å²) in [7, 11) is 1.81. The van der Waals surface area contributed by atoms with Gasteiger partial charge in [-0.2, -0.15) is 0 Å². The first-order chi connectivity index (χ1) is 8.61. The number of anilines is 1. The highest BCUT2D eigenvalue weighted by molar-refractivity contribution is 5.93. The molecule has 2 atom stereocenters. The van der Waals surface area contributed by atoms with Crippen LogP contribution >= 0.6 is 0 Å². The normalized spacial score (nSPS) is 23.1. The standard InChI is InChI=1S/C13H17FN2O2/c1-8-5-9(3-4-11(8)14)16-13(17)10-6-18-7-12(10)15-2/h3-5,10,12,15H,6-7H2,1-2H3,(H,16,17). The quantitative estimate of drug-likeness (QED) is 0.852. The lowest BCUT2D eigenvalue weighted by Gasteiger charge is -2.16. The lowest BCUT2D eigenvalue weighted by Crippen LogP contribution is -2.39. The largest absolute Gasteiger partial charge is 0.379 e. The number of hydrogen-bond donors (Lipinski definition) is 2. The molecule has 1 heterocycles. The van der Waals surface area contributed by atoms with Gasteiger partial charge in [0, 0.05) is 11.7 Å². The average Bonchev–Trinajstić information content (AvgIpc) is 2.82. The minimum Gasteiger partial charge on any atom is -0.379 e. The number of benzene rings is 1. The summed E-state index contributed by atoms with van der Waals surface area (Å²) in [5.41, 5.74) is 1.13. The van der Waals surface area contributed by atoms with Gasteiger partial charge in [-0.25, -0.2) is 4.39 Å². The Morgan fingerprint density at radius 1 is 1.44 bits per heavy atom. The van der Waals surface area contributed by atoms with E-state index in [1.165, 1.54) is 6.07 Å². The Kier molecular flexibility index (Phi) is 3.93. The minimum absolute atomic E-state index is 0.0338. The van der Waals surface area contributed by atoms with E-state index in [4.69, 9.17) is 4.74 Å². The van der Waals surface area contributed by atoms with Gasteiger partial charge >= 0.3 is 0 Å². The van der Waals surface area contributed by atoms with E-state index in [2.05, 4.69) is 10.6 Å². The lowest BCUT2D eigenvalue weighted by atomic mass is 10.0. The number of hydrogen-bond acceptors (Lipinski definition) is 3. The number of carbonyl (C=O) groups excluding carboxylic acids is 1. The second-order valence-corrected chi connectivity index (χ2v) is 4.49. The fraction of sp³-hybridized carbons (Fsp3) is 0.462. The highest BCUT2D eigenvalue weighted by atomic mass is 19.1. The van der Waals surface area contributed by atoms with Crippen LogP contribution in [0.3, 0.4) is 0 Å². The Bertz CT molecular complexity index is 451. The summed E-state index contributed by atoms with van der Waals surface area (Å²) in [4.78, 5) is 12.1. The zero-order chi connectivity index (χ0) is 13.1. The van der Waals surface area contributed by atoms with Gasteiger partial charge in [-0.05, 0) is 37.7 Å². The number of halogens is 1. The molecule has 0 aromatic heterocycles. The van der Waals surface area contributed by atoms with Gasteiger partial charge < -0.3 is 15.4 Å². The molecule has 4 nitrogen and oxygen atoms in total. The molecule has 2 N–H and O–H groups in total. The number of ether oxygens (including phenoxy) is 1. The maximum atomic E-state index is 13.1. The van der Waals surface area contributed by atoms with E-state index in [1.807, 2.05) is 7.05 Å². The van der Waals surface area contributed by atoms with E-state index < -0.39 is 0 Å². The smallest absolute Gasteiger partial charge is 0.231 e. The lowest BCUT2D eigenvalue weighted by molar-refractivity contribution is -0.120. The first kappa shape index (κ1) is 13.0. The molecule has 0 aliphatic carbocycles. The van der Waals surface area contributed by atoms with Crippen LogP contribution in [0.2, 0.25) is 0 Å². The third kappa shape index (κ3) is 2.68. The molecule has 1 aliphatic heterocycles. The summed E-state index contributed by atoms with van der Waals surface area (Å²) in [6.45, 7) is 2.62.